The molecular formula is C12H22N2O8. The lowest BCUT2D eigenvalue weighted by Crippen LogP contribution is -2.59. The van der Waals surface area contributed by atoms with Crippen LogP contribution in [-0.4, -0.2) is 82.7 Å². The number of primary amides is 1. The van der Waals surface area contributed by atoms with E-state index in [4.69, 9.17) is 20.3 Å². The highest BCUT2D eigenvalue weighted by Crippen LogP contribution is 2.21. The van der Waals surface area contributed by atoms with E-state index < -0.39 is 43.2 Å². The minimum Gasteiger partial charge on any atom is -0.394 e. The van der Waals surface area contributed by atoms with Gasteiger partial charge in [-0.2, -0.15) is 0 Å². The number of carbonyl (C=O) groups is 2. The number of hydrogen-bond acceptors (Lipinski definition) is 8. The highest BCUT2D eigenvalue weighted by atomic mass is 16.7. The SMILES string of the molecule is NC(=O)CCC(=O)NCCOC1OC(CO)C(O)C(O)C1O. The fraction of sp³-hybridized carbons (Fsp3) is 0.833. The smallest absolute Gasteiger partial charge is 0.220 e. The number of aliphatic hydroxyl groups is 4. The molecule has 1 heterocycles. The van der Waals surface area contributed by atoms with Crippen molar-refractivity contribution >= 4 is 11.8 Å². The van der Waals surface area contributed by atoms with Gasteiger partial charge in [-0.15, -0.1) is 0 Å². The number of nitrogens with two attached hydrogens (primary N) is 1. The maximum atomic E-state index is 11.3. The zero-order valence-electron chi connectivity index (χ0n) is 11.9. The van der Waals surface area contributed by atoms with Crippen LogP contribution in [0.25, 0.3) is 0 Å². The summed E-state index contributed by atoms with van der Waals surface area (Å²) in [6.07, 6.45) is -6.82. The summed E-state index contributed by atoms with van der Waals surface area (Å²) in [6, 6.07) is 0. The molecule has 10 heteroatoms. The number of amides is 2. The number of aliphatic hydroxyl groups excluding tert-OH is 4. The van der Waals surface area contributed by atoms with Crippen LogP contribution in [0.1, 0.15) is 12.8 Å². The first-order valence-electron chi connectivity index (χ1n) is 6.84. The summed E-state index contributed by atoms with van der Waals surface area (Å²) in [5.74, 6) is -0.955. The van der Waals surface area contributed by atoms with Crippen molar-refractivity contribution in [3.63, 3.8) is 0 Å². The van der Waals surface area contributed by atoms with E-state index in [9.17, 15) is 24.9 Å². The van der Waals surface area contributed by atoms with Crippen molar-refractivity contribution in [3.8, 4) is 0 Å². The van der Waals surface area contributed by atoms with Gasteiger partial charge in [0.25, 0.3) is 0 Å². The maximum Gasteiger partial charge on any atom is 0.220 e. The summed E-state index contributed by atoms with van der Waals surface area (Å²) in [5, 5.41) is 40.3. The topological polar surface area (TPSA) is 172 Å². The normalized spacial score (nSPS) is 31.7. The summed E-state index contributed by atoms with van der Waals surface area (Å²) in [7, 11) is 0. The summed E-state index contributed by atoms with van der Waals surface area (Å²) >= 11 is 0. The molecule has 1 fully saturated rings. The van der Waals surface area contributed by atoms with Gasteiger partial charge in [0.05, 0.1) is 13.2 Å². The third-order valence-electron chi connectivity index (χ3n) is 3.15. The molecule has 0 saturated carbocycles. The minimum absolute atomic E-state index is 0.0324. The van der Waals surface area contributed by atoms with Gasteiger partial charge in [0, 0.05) is 19.4 Å². The van der Waals surface area contributed by atoms with Crippen molar-refractivity contribution < 1.29 is 39.5 Å². The summed E-state index contributed by atoms with van der Waals surface area (Å²) < 4.78 is 10.3. The molecule has 0 aromatic rings. The predicted molar refractivity (Wildman–Crippen MR) is 71.2 cm³/mol. The van der Waals surface area contributed by atoms with Gasteiger partial charge >= 0.3 is 0 Å². The van der Waals surface area contributed by atoms with E-state index in [2.05, 4.69) is 5.32 Å². The molecule has 0 bridgehead atoms. The van der Waals surface area contributed by atoms with Crippen molar-refractivity contribution in [1.82, 2.24) is 5.32 Å². The molecule has 1 aliphatic rings. The van der Waals surface area contributed by atoms with Gasteiger partial charge in [0.15, 0.2) is 6.29 Å². The largest absolute Gasteiger partial charge is 0.394 e. The van der Waals surface area contributed by atoms with Crippen LogP contribution in [-0.2, 0) is 19.1 Å². The molecule has 5 unspecified atom stereocenters. The molecule has 1 aliphatic heterocycles. The van der Waals surface area contributed by atoms with Crippen molar-refractivity contribution in [2.45, 2.75) is 43.5 Å². The summed E-state index contributed by atoms with van der Waals surface area (Å²) in [6.45, 7) is -0.494. The van der Waals surface area contributed by atoms with Crippen molar-refractivity contribution in [2.24, 2.45) is 5.73 Å². The standard InChI is InChI=1S/C12H22N2O8/c13-7(16)1-2-8(17)14-3-4-21-12-11(20)10(19)9(18)6(5-15)22-12/h6,9-12,15,18-20H,1-5H2,(H2,13,16)(H,14,17). The molecule has 0 aliphatic carbocycles. The fourth-order valence-corrected chi connectivity index (χ4v) is 1.90. The van der Waals surface area contributed by atoms with Crippen molar-refractivity contribution in [2.75, 3.05) is 19.8 Å². The first-order valence-corrected chi connectivity index (χ1v) is 6.84. The number of rotatable bonds is 8. The highest BCUT2D eigenvalue weighted by molar-refractivity contribution is 5.82. The van der Waals surface area contributed by atoms with Crippen molar-refractivity contribution in [1.29, 1.82) is 0 Å². The number of hydrogen-bond donors (Lipinski definition) is 6. The average Bonchev–Trinajstić information content (AvgIpc) is 2.49. The van der Waals surface area contributed by atoms with Gasteiger partial charge in [-0.05, 0) is 0 Å². The molecular weight excluding hydrogens is 300 g/mol. The van der Waals surface area contributed by atoms with Crippen LogP contribution in [0, 0.1) is 0 Å². The third kappa shape index (κ3) is 5.48. The quantitative estimate of drug-likeness (QED) is 0.247. The Morgan fingerprint density at radius 3 is 2.41 bits per heavy atom. The molecule has 2 amide bonds. The Morgan fingerprint density at radius 2 is 1.82 bits per heavy atom. The maximum absolute atomic E-state index is 11.3. The molecule has 0 aromatic carbocycles. The highest BCUT2D eigenvalue weighted by Gasteiger charge is 2.43. The van der Waals surface area contributed by atoms with Gasteiger partial charge in [-0.1, -0.05) is 0 Å². The Hall–Kier alpha value is -1.30. The Kier molecular flexibility index (Phi) is 7.65. The number of nitrogens with one attached hydrogen (secondary N) is 1. The predicted octanol–water partition coefficient (Wildman–Crippen LogP) is -3.82. The van der Waals surface area contributed by atoms with Gasteiger partial charge in [0.2, 0.25) is 11.8 Å². The molecule has 5 atom stereocenters. The molecule has 1 rings (SSSR count). The van der Waals surface area contributed by atoms with Crippen LogP contribution in [0.15, 0.2) is 0 Å². The van der Waals surface area contributed by atoms with Crippen LogP contribution < -0.4 is 11.1 Å². The molecule has 0 aromatic heterocycles. The Bertz CT molecular complexity index is 378. The van der Waals surface area contributed by atoms with Gasteiger partial charge in [-0.3, -0.25) is 9.59 Å². The molecule has 0 spiro atoms. The minimum atomic E-state index is -1.51. The molecule has 7 N–H and O–H groups in total. The molecule has 1 saturated heterocycles. The zero-order chi connectivity index (χ0) is 16.7. The van der Waals surface area contributed by atoms with Crippen LogP contribution in [0.5, 0.6) is 0 Å². The summed E-state index contributed by atoms with van der Waals surface area (Å²) in [5.41, 5.74) is 4.91. The lowest BCUT2D eigenvalue weighted by atomic mass is 9.99. The van der Waals surface area contributed by atoms with Crippen molar-refractivity contribution in [3.05, 3.63) is 0 Å². The van der Waals surface area contributed by atoms with Crippen LogP contribution in [0.4, 0.5) is 0 Å². The lowest BCUT2D eigenvalue weighted by Gasteiger charge is -2.39. The zero-order valence-corrected chi connectivity index (χ0v) is 11.9. The van der Waals surface area contributed by atoms with E-state index in [0.717, 1.165) is 0 Å². The van der Waals surface area contributed by atoms with Gasteiger partial charge < -0.3 is 41.0 Å². The van der Waals surface area contributed by atoms with E-state index in [0.29, 0.717) is 0 Å². The average molecular weight is 322 g/mol. The Balaban J connectivity index is 2.29. The van der Waals surface area contributed by atoms with Crippen LogP contribution >= 0.6 is 0 Å². The Morgan fingerprint density at radius 1 is 1.14 bits per heavy atom. The molecule has 128 valence electrons. The second kappa shape index (κ2) is 8.98. The molecule has 22 heavy (non-hydrogen) atoms. The van der Waals surface area contributed by atoms with E-state index in [1.165, 1.54) is 0 Å². The third-order valence-corrected chi connectivity index (χ3v) is 3.15. The number of ether oxygens (including phenoxy) is 2. The Labute approximate surface area is 126 Å². The first-order chi connectivity index (χ1) is 10.4. The van der Waals surface area contributed by atoms with E-state index >= 15 is 0 Å². The van der Waals surface area contributed by atoms with Gasteiger partial charge in [-0.25, -0.2) is 0 Å². The first kappa shape index (κ1) is 18.7. The number of carbonyl (C=O) groups excluding carboxylic acids is 2. The van der Waals surface area contributed by atoms with Crippen LogP contribution in [0.3, 0.4) is 0 Å². The van der Waals surface area contributed by atoms with E-state index in [-0.39, 0.29) is 31.9 Å². The van der Waals surface area contributed by atoms with Gasteiger partial charge in [0.1, 0.15) is 24.4 Å². The van der Waals surface area contributed by atoms with E-state index in [1.807, 2.05) is 0 Å². The lowest BCUT2D eigenvalue weighted by molar-refractivity contribution is -0.300. The molecule has 0 radical (unpaired) electrons. The second-order valence-corrected chi connectivity index (χ2v) is 4.88. The summed E-state index contributed by atoms with van der Waals surface area (Å²) in [4.78, 5) is 21.8. The monoisotopic (exact) mass is 322 g/mol. The molecule has 10 nitrogen and oxygen atoms in total. The van der Waals surface area contributed by atoms with E-state index in [1.54, 1.807) is 0 Å². The fourth-order valence-electron chi connectivity index (χ4n) is 1.90. The second-order valence-electron chi connectivity index (χ2n) is 4.88. The van der Waals surface area contributed by atoms with Crippen LogP contribution in [0.2, 0.25) is 0 Å².